The van der Waals surface area contributed by atoms with E-state index in [1.54, 1.807) is 0 Å². The van der Waals surface area contributed by atoms with E-state index >= 15 is 0 Å². The van der Waals surface area contributed by atoms with Crippen LogP contribution in [0.25, 0.3) is 0 Å². The molecule has 2 rings (SSSR count). The number of rotatable bonds is 8. The quantitative estimate of drug-likeness (QED) is 0.631. The molecule has 0 bridgehead atoms. The SMILES string of the molecule is Cc1cccc(C(C)C)c1NC(=O)NCCCCN1CCCC1CO. The summed E-state index contributed by atoms with van der Waals surface area (Å²) in [7, 11) is 0. The molecule has 1 aliphatic rings. The van der Waals surface area contributed by atoms with Crippen LogP contribution in [0.4, 0.5) is 10.5 Å². The zero-order valence-corrected chi connectivity index (χ0v) is 15.8. The lowest BCUT2D eigenvalue weighted by atomic mass is 9.98. The Morgan fingerprint density at radius 1 is 1.36 bits per heavy atom. The first-order chi connectivity index (χ1) is 12.0. The van der Waals surface area contributed by atoms with Crippen LogP contribution in [0, 0.1) is 6.92 Å². The van der Waals surface area contributed by atoms with Crippen molar-refractivity contribution in [1.82, 2.24) is 10.2 Å². The third-order valence-electron chi connectivity index (χ3n) is 5.03. The van der Waals surface area contributed by atoms with Crippen molar-refractivity contribution in [1.29, 1.82) is 0 Å². The van der Waals surface area contributed by atoms with Crippen LogP contribution in [0.15, 0.2) is 18.2 Å². The van der Waals surface area contributed by atoms with Gasteiger partial charge < -0.3 is 15.7 Å². The van der Waals surface area contributed by atoms with Gasteiger partial charge in [0.05, 0.1) is 6.61 Å². The first kappa shape index (κ1) is 19.7. The fourth-order valence-electron chi connectivity index (χ4n) is 3.54. The molecule has 5 nitrogen and oxygen atoms in total. The topological polar surface area (TPSA) is 64.6 Å². The number of benzene rings is 1. The minimum atomic E-state index is -0.134. The summed E-state index contributed by atoms with van der Waals surface area (Å²) in [6.45, 7) is 9.32. The monoisotopic (exact) mass is 347 g/mol. The summed E-state index contributed by atoms with van der Waals surface area (Å²) < 4.78 is 0. The Balaban J connectivity index is 1.71. The molecule has 140 valence electrons. The second kappa shape index (κ2) is 9.78. The molecule has 1 saturated heterocycles. The lowest BCUT2D eigenvalue weighted by molar-refractivity contribution is 0.157. The second-order valence-electron chi connectivity index (χ2n) is 7.30. The fraction of sp³-hybridized carbons (Fsp3) is 0.650. The summed E-state index contributed by atoms with van der Waals surface area (Å²) in [5.74, 6) is 0.370. The van der Waals surface area contributed by atoms with Crippen LogP contribution in [0.5, 0.6) is 0 Å². The number of nitrogens with zero attached hydrogens (tertiary/aromatic N) is 1. The van der Waals surface area contributed by atoms with Crippen molar-refractivity contribution in [2.24, 2.45) is 0 Å². The van der Waals surface area contributed by atoms with E-state index in [2.05, 4.69) is 35.4 Å². The van der Waals surface area contributed by atoms with Gasteiger partial charge in [0.25, 0.3) is 0 Å². The number of amides is 2. The van der Waals surface area contributed by atoms with E-state index in [4.69, 9.17) is 0 Å². The van der Waals surface area contributed by atoms with Crippen LogP contribution in [0.2, 0.25) is 0 Å². The number of nitrogens with one attached hydrogen (secondary N) is 2. The standard InChI is InChI=1S/C20H33N3O2/c1-15(2)18-10-6-8-16(3)19(18)22-20(25)21-11-4-5-12-23-13-7-9-17(23)14-24/h6,8,10,15,17,24H,4-5,7,9,11-14H2,1-3H3,(H2,21,22,25). The Hall–Kier alpha value is -1.59. The molecule has 3 N–H and O–H groups in total. The molecule has 2 amide bonds. The highest BCUT2D eigenvalue weighted by Crippen LogP contribution is 2.27. The zero-order valence-electron chi connectivity index (χ0n) is 15.8. The minimum absolute atomic E-state index is 0.134. The maximum absolute atomic E-state index is 12.2. The first-order valence-electron chi connectivity index (χ1n) is 9.52. The van der Waals surface area contributed by atoms with E-state index in [-0.39, 0.29) is 12.6 Å². The molecule has 1 aromatic carbocycles. The molecule has 0 spiro atoms. The second-order valence-corrected chi connectivity index (χ2v) is 7.30. The van der Waals surface area contributed by atoms with Crippen molar-refractivity contribution >= 4 is 11.7 Å². The van der Waals surface area contributed by atoms with Crippen LogP contribution in [-0.2, 0) is 0 Å². The van der Waals surface area contributed by atoms with Gasteiger partial charge in [-0.1, -0.05) is 32.0 Å². The van der Waals surface area contributed by atoms with Crippen molar-refractivity contribution in [3.8, 4) is 0 Å². The third kappa shape index (κ3) is 5.72. The number of carbonyl (C=O) groups is 1. The van der Waals surface area contributed by atoms with Crippen molar-refractivity contribution in [3.05, 3.63) is 29.3 Å². The number of carbonyl (C=O) groups excluding carboxylic acids is 1. The van der Waals surface area contributed by atoms with Gasteiger partial charge in [-0.05, 0) is 62.7 Å². The minimum Gasteiger partial charge on any atom is -0.395 e. The average molecular weight is 348 g/mol. The lowest BCUT2D eigenvalue weighted by Gasteiger charge is -2.22. The number of para-hydroxylation sites is 1. The summed E-state index contributed by atoms with van der Waals surface area (Å²) in [4.78, 5) is 14.6. The Morgan fingerprint density at radius 3 is 2.88 bits per heavy atom. The Kier molecular flexibility index (Phi) is 7.72. The fourth-order valence-corrected chi connectivity index (χ4v) is 3.54. The maximum atomic E-state index is 12.2. The summed E-state index contributed by atoms with van der Waals surface area (Å²) >= 11 is 0. The summed E-state index contributed by atoms with van der Waals surface area (Å²) in [6.07, 6.45) is 4.28. The number of urea groups is 1. The van der Waals surface area contributed by atoms with Crippen LogP contribution in [-0.4, -0.2) is 48.3 Å². The predicted molar refractivity (Wildman–Crippen MR) is 103 cm³/mol. The highest BCUT2D eigenvalue weighted by Gasteiger charge is 2.22. The van der Waals surface area contributed by atoms with Crippen LogP contribution in [0.3, 0.4) is 0 Å². The largest absolute Gasteiger partial charge is 0.395 e. The van der Waals surface area contributed by atoms with Crippen molar-refractivity contribution in [3.63, 3.8) is 0 Å². The van der Waals surface area contributed by atoms with E-state index in [0.29, 0.717) is 18.5 Å². The molecule has 0 radical (unpaired) electrons. The van der Waals surface area contributed by atoms with E-state index < -0.39 is 0 Å². The smallest absolute Gasteiger partial charge is 0.319 e. The van der Waals surface area contributed by atoms with Crippen molar-refractivity contribution in [2.45, 2.75) is 58.4 Å². The summed E-state index contributed by atoms with van der Waals surface area (Å²) in [5.41, 5.74) is 3.18. The van der Waals surface area contributed by atoms with Gasteiger partial charge in [0.1, 0.15) is 0 Å². The Labute approximate surface area is 151 Å². The van der Waals surface area contributed by atoms with Gasteiger partial charge in [-0.3, -0.25) is 4.90 Å². The molecule has 1 aromatic rings. The molecule has 25 heavy (non-hydrogen) atoms. The number of unbranched alkanes of at least 4 members (excludes halogenated alkanes) is 1. The molecule has 0 aromatic heterocycles. The van der Waals surface area contributed by atoms with E-state index in [1.165, 1.54) is 12.0 Å². The van der Waals surface area contributed by atoms with Gasteiger partial charge in [0.15, 0.2) is 0 Å². The zero-order chi connectivity index (χ0) is 18.2. The molecule has 1 heterocycles. The van der Waals surface area contributed by atoms with Gasteiger partial charge >= 0.3 is 6.03 Å². The number of aliphatic hydroxyl groups excluding tert-OH is 1. The van der Waals surface area contributed by atoms with Crippen molar-refractivity contribution < 1.29 is 9.90 Å². The van der Waals surface area contributed by atoms with E-state index in [0.717, 1.165) is 43.6 Å². The molecule has 5 heteroatoms. The molecule has 1 aliphatic heterocycles. The number of hydrogen-bond donors (Lipinski definition) is 3. The van der Waals surface area contributed by atoms with Crippen LogP contribution < -0.4 is 10.6 Å². The van der Waals surface area contributed by atoms with Gasteiger partial charge in [-0.25, -0.2) is 4.79 Å². The molecular weight excluding hydrogens is 314 g/mol. The predicted octanol–water partition coefficient (Wildman–Crippen LogP) is 3.48. The van der Waals surface area contributed by atoms with Gasteiger partial charge in [0.2, 0.25) is 0 Å². The van der Waals surface area contributed by atoms with Gasteiger partial charge in [-0.2, -0.15) is 0 Å². The first-order valence-corrected chi connectivity index (χ1v) is 9.52. The van der Waals surface area contributed by atoms with Crippen LogP contribution in [0.1, 0.15) is 56.6 Å². The lowest BCUT2D eigenvalue weighted by Crippen LogP contribution is -2.34. The van der Waals surface area contributed by atoms with Crippen LogP contribution >= 0.6 is 0 Å². The number of anilines is 1. The number of aliphatic hydroxyl groups is 1. The van der Waals surface area contributed by atoms with Gasteiger partial charge in [-0.15, -0.1) is 0 Å². The molecule has 0 aliphatic carbocycles. The molecule has 1 fully saturated rings. The highest BCUT2D eigenvalue weighted by molar-refractivity contribution is 5.91. The number of likely N-dealkylation sites (tertiary alicyclic amines) is 1. The van der Waals surface area contributed by atoms with E-state index in [9.17, 15) is 9.90 Å². The Morgan fingerprint density at radius 2 is 2.16 bits per heavy atom. The molecule has 1 unspecified atom stereocenters. The average Bonchev–Trinajstić information content (AvgIpc) is 3.03. The molecule has 0 saturated carbocycles. The molecule has 1 atom stereocenters. The maximum Gasteiger partial charge on any atom is 0.319 e. The number of aryl methyl sites for hydroxylation is 1. The Bertz CT molecular complexity index is 560. The normalized spacial score (nSPS) is 17.9. The summed E-state index contributed by atoms with van der Waals surface area (Å²) in [6, 6.07) is 6.33. The third-order valence-corrected chi connectivity index (χ3v) is 5.03. The van der Waals surface area contributed by atoms with Crippen molar-refractivity contribution in [2.75, 3.05) is 31.6 Å². The summed E-state index contributed by atoms with van der Waals surface area (Å²) in [5, 5.41) is 15.3. The van der Waals surface area contributed by atoms with E-state index in [1.807, 2.05) is 19.1 Å². The number of hydrogen-bond acceptors (Lipinski definition) is 3. The molecular formula is C20H33N3O2. The van der Waals surface area contributed by atoms with Gasteiger partial charge in [0, 0.05) is 18.3 Å². The highest BCUT2D eigenvalue weighted by atomic mass is 16.3.